The molecule has 0 saturated carbocycles. The fraction of sp³-hybridized carbons (Fsp3) is 0.625. The number of nitrogens with one attached hydrogen (secondary N) is 1. The molecule has 0 amide bonds. The van der Waals surface area contributed by atoms with Gasteiger partial charge in [-0.25, -0.2) is 4.79 Å². The van der Waals surface area contributed by atoms with Gasteiger partial charge in [0, 0.05) is 12.6 Å². The van der Waals surface area contributed by atoms with Crippen LogP contribution in [0.25, 0.3) is 0 Å². The van der Waals surface area contributed by atoms with Crippen LogP contribution in [0.15, 0.2) is 11.1 Å². The Balaban J connectivity index is 4.28. The molecule has 3 heteroatoms. The van der Waals surface area contributed by atoms with Crippen LogP contribution in [-0.2, 0) is 9.63 Å². The van der Waals surface area contributed by atoms with Gasteiger partial charge in [-0.05, 0) is 20.3 Å². The minimum absolute atomic E-state index is 0.282. The lowest BCUT2D eigenvalue weighted by Gasteiger charge is -2.05. The molecule has 0 unspecified atom stereocenters. The van der Waals surface area contributed by atoms with Crippen molar-refractivity contribution < 1.29 is 9.63 Å². The third kappa shape index (κ3) is 3.18. The van der Waals surface area contributed by atoms with Gasteiger partial charge < -0.3 is 4.84 Å². The van der Waals surface area contributed by atoms with Gasteiger partial charge in [0.25, 0.3) is 0 Å². The van der Waals surface area contributed by atoms with Crippen LogP contribution in [0.4, 0.5) is 0 Å². The Morgan fingerprint density at radius 2 is 2.00 bits per heavy atom. The van der Waals surface area contributed by atoms with E-state index in [9.17, 15) is 4.79 Å². The van der Waals surface area contributed by atoms with Crippen molar-refractivity contribution in [3.8, 4) is 0 Å². The van der Waals surface area contributed by atoms with E-state index in [2.05, 4.69) is 10.3 Å². The highest BCUT2D eigenvalue weighted by Gasteiger charge is 2.09. The van der Waals surface area contributed by atoms with Crippen LogP contribution in [0.2, 0.25) is 0 Å². The summed E-state index contributed by atoms with van der Waals surface area (Å²) < 4.78 is 0. The first-order valence-electron chi connectivity index (χ1n) is 3.67. The van der Waals surface area contributed by atoms with Crippen molar-refractivity contribution in [2.24, 2.45) is 0 Å². The van der Waals surface area contributed by atoms with Gasteiger partial charge in [0.15, 0.2) is 0 Å². The number of carbonyl (C=O) groups excluding carboxylic acids is 1. The monoisotopic (exact) mass is 157 g/mol. The van der Waals surface area contributed by atoms with E-state index >= 15 is 0 Å². The molecule has 0 spiro atoms. The van der Waals surface area contributed by atoms with E-state index in [1.54, 1.807) is 7.05 Å². The highest BCUT2D eigenvalue weighted by Crippen LogP contribution is 2.08. The van der Waals surface area contributed by atoms with Crippen molar-refractivity contribution in [1.29, 1.82) is 0 Å². The minimum atomic E-state index is -0.282. The SMILES string of the molecule is CCC(C(=O)ONC)=C(C)C. The molecule has 0 aromatic carbocycles. The van der Waals surface area contributed by atoms with Gasteiger partial charge >= 0.3 is 5.97 Å². The molecule has 64 valence electrons. The van der Waals surface area contributed by atoms with Crippen LogP contribution in [-0.4, -0.2) is 13.0 Å². The summed E-state index contributed by atoms with van der Waals surface area (Å²) in [6, 6.07) is 0. The molecule has 0 bridgehead atoms. The average molecular weight is 157 g/mol. The van der Waals surface area contributed by atoms with Gasteiger partial charge in [0.2, 0.25) is 0 Å². The van der Waals surface area contributed by atoms with Gasteiger partial charge in [-0.2, -0.15) is 5.48 Å². The minimum Gasteiger partial charge on any atom is -0.367 e. The summed E-state index contributed by atoms with van der Waals surface area (Å²) in [5.74, 6) is -0.282. The summed E-state index contributed by atoms with van der Waals surface area (Å²) in [4.78, 5) is 15.7. The summed E-state index contributed by atoms with van der Waals surface area (Å²) in [6.07, 6.45) is 0.711. The first kappa shape index (κ1) is 10.2. The zero-order valence-corrected chi connectivity index (χ0v) is 7.52. The molecule has 0 atom stereocenters. The van der Waals surface area contributed by atoms with E-state index in [1.165, 1.54) is 0 Å². The lowest BCUT2D eigenvalue weighted by Crippen LogP contribution is -2.17. The molecule has 11 heavy (non-hydrogen) atoms. The standard InChI is InChI=1S/C8H15NO2/c1-5-7(6(2)3)8(10)11-9-4/h9H,5H2,1-4H3. The molecule has 0 rings (SSSR count). The molecule has 0 fully saturated rings. The Hall–Kier alpha value is -0.830. The van der Waals surface area contributed by atoms with E-state index in [0.717, 1.165) is 11.1 Å². The second-order valence-electron chi connectivity index (χ2n) is 2.43. The molecule has 0 saturated heterocycles. The van der Waals surface area contributed by atoms with Crippen LogP contribution in [0, 0.1) is 0 Å². The Labute approximate surface area is 67.4 Å². The van der Waals surface area contributed by atoms with Crippen molar-refractivity contribution in [3.05, 3.63) is 11.1 Å². The van der Waals surface area contributed by atoms with E-state index < -0.39 is 0 Å². The highest BCUT2D eigenvalue weighted by atomic mass is 16.7. The topological polar surface area (TPSA) is 38.3 Å². The van der Waals surface area contributed by atoms with Crippen LogP contribution >= 0.6 is 0 Å². The Bertz CT molecular complexity index is 169. The Kier molecular flexibility index (Phi) is 4.54. The molecule has 0 aromatic rings. The van der Waals surface area contributed by atoms with Gasteiger partial charge in [0.1, 0.15) is 0 Å². The van der Waals surface area contributed by atoms with Crippen molar-refractivity contribution in [3.63, 3.8) is 0 Å². The van der Waals surface area contributed by atoms with Gasteiger partial charge in [0.05, 0.1) is 0 Å². The maximum Gasteiger partial charge on any atom is 0.352 e. The fourth-order valence-corrected chi connectivity index (χ4v) is 0.856. The maximum absolute atomic E-state index is 11.1. The van der Waals surface area contributed by atoms with Crippen molar-refractivity contribution in [1.82, 2.24) is 5.48 Å². The molecule has 1 N–H and O–H groups in total. The molecular formula is C8H15NO2. The third-order valence-electron chi connectivity index (χ3n) is 1.40. The number of hydrogen-bond acceptors (Lipinski definition) is 3. The molecule has 0 heterocycles. The molecule has 0 aromatic heterocycles. The smallest absolute Gasteiger partial charge is 0.352 e. The molecular weight excluding hydrogens is 142 g/mol. The van der Waals surface area contributed by atoms with Crippen molar-refractivity contribution in [2.45, 2.75) is 27.2 Å². The maximum atomic E-state index is 11.1. The lowest BCUT2D eigenvalue weighted by molar-refractivity contribution is -0.145. The number of hydroxylamine groups is 1. The van der Waals surface area contributed by atoms with Gasteiger partial charge in [-0.1, -0.05) is 12.5 Å². The predicted molar refractivity (Wildman–Crippen MR) is 43.8 cm³/mol. The molecule has 3 nitrogen and oxygen atoms in total. The molecule has 0 aliphatic heterocycles. The summed E-state index contributed by atoms with van der Waals surface area (Å²) >= 11 is 0. The summed E-state index contributed by atoms with van der Waals surface area (Å²) in [5, 5.41) is 0. The van der Waals surface area contributed by atoms with Crippen LogP contribution in [0.1, 0.15) is 27.2 Å². The van der Waals surface area contributed by atoms with Crippen molar-refractivity contribution in [2.75, 3.05) is 7.05 Å². The zero-order valence-electron chi connectivity index (χ0n) is 7.52. The molecule has 0 radical (unpaired) electrons. The number of allylic oxidation sites excluding steroid dienone is 1. The largest absolute Gasteiger partial charge is 0.367 e. The van der Waals surface area contributed by atoms with E-state index in [0.29, 0.717) is 6.42 Å². The normalized spacial score (nSPS) is 9.09. The number of rotatable bonds is 3. The van der Waals surface area contributed by atoms with E-state index in [4.69, 9.17) is 0 Å². The van der Waals surface area contributed by atoms with E-state index in [-0.39, 0.29) is 5.97 Å². The van der Waals surface area contributed by atoms with Crippen LogP contribution < -0.4 is 5.48 Å². The fourth-order valence-electron chi connectivity index (χ4n) is 0.856. The van der Waals surface area contributed by atoms with Crippen LogP contribution in [0.3, 0.4) is 0 Å². The summed E-state index contributed by atoms with van der Waals surface area (Å²) in [6.45, 7) is 5.73. The van der Waals surface area contributed by atoms with Crippen LogP contribution in [0.5, 0.6) is 0 Å². The van der Waals surface area contributed by atoms with Gasteiger partial charge in [-0.3, -0.25) is 0 Å². The molecule has 0 aliphatic rings. The van der Waals surface area contributed by atoms with Gasteiger partial charge in [-0.15, -0.1) is 0 Å². The third-order valence-corrected chi connectivity index (χ3v) is 1.40. The summed E-state index contributed by atoms with van der Waals surface area (Å²) in [7, 11) is 1.57. The van der Waals surface area contributed by atoms with E-state index in [1.807, 2.05) is 20.8 Å². The average Bonchev–Trinajstić information content (AvgIpc) is 1.88. The second-order valence-corrected chi connectivity index (χ2v) is 2.43. The highest BCUT2D eigenvalue weighted by molar-refractivity contribution is 5.88. The summed E-state index contributed by atoms with van der Waals surface area (Å²) in [5.41, 5.74) is 4.10. The predicted octanol–water partition coefficient (Wildman–Crippen LogP) is 1.41. The van der Waals surface area contributed by atoms with Crippen molar-refractivity contribution >= 4 is 5.97 Å². The Morgan fingerprint density at radius 3 is 2.27 bits per heavy atom. The lowest BCUT2D eigenvalue weighted by atomic mass is 10.1. The number of hydrogen-bond donors (Lipinski definition) is 1. The zero-order chi connectivity index (χ0) is 8.85. The number of carbonyl (C=O) groups is 1. The first-order valence-corrected chi connectivity index (χ1v) is 3.67. The second kappa shape index (κ2) is 4.91. The Morgan fingerprint density at radius 1 is 1.45 bits per heavy atom. The first-order chi connectivity index (χ1) is 5.13. The molecule has 0 aliphatic carbocycles. The quantitative estimate of drug-likeness (QED) is 0.497.